The molecule has 2 N–H and O–H groups in total. The van der Waals surface area contributed by atoms with Crippen molar-refractivity contribution in [3.63, 3.8) is 0 Å². The van der Waals surface area contributed by atoms with Crippen LogP contribution in [0.5, 0.6) is 0 Å². The first-order chi connectivity index (χ1) is 8.29. The molecule has 1 aromatic rings. The molecular formula is C12H18N4O. The summed E-state index contributed by atoms with van der Waals surface area (Å²) in [6.07, 6.45) is 6.79. The lowest BCUT2D eigenvalue weighted by molar-refractivity contribution is 0.0947. The third-order valence-electron chi connectivity index (χ3n) is 2.78. The highest BCUT2D eigenvalue weighted by atomic mass is 16.1. The van der Waals surface area contributed by atoms with Gasteiger partial charge in [-0.15, -0.1) is 0 Å². The predicted octanol–water partition coefficient (Wildman–Crippen LogP) is 1.44. The van der Waals surface area contributed by atoms with Crippen LogP contribution in [-0.4, -0.2) is 29.0 Å². The molecule has 1 aromatic heterocycles. The molecule has 92 valence electrons. The first-order valence-electron chi connectivity index (χ1n) is 6.13. The van der Waals surface area contributed by atoms with E-state index in [9.17, 15) is 4.79 Å². The number of carbonyl (C=O) groups is 1. The summed E-state index contributed by atoms with van der Waals surface area (Å²) in [6.45, 7) is 3.52. The smallest absolute Gasteiger partial charge is 0.271 e. The summed E-state index contributed by atoms with van der Waals surface area (Å²) in [4.78, 5) is 19.9. The summed E-state index contributed by atoms with van der Waals surface area (Å²) in [5, 5.41) is 5.89. The van der Waals surface area contributed by atoms with Gasteiger partial charge < -0.3 is 10.6 Å². The van der Waals surface area contributed by atoms with Crippen LogP contribution in [0, 0.1) is 5.92 Å². The number of hydrogen-bond donors (Lipinski definition) is 2. The van der Waals surface area contributed by atoms with E-state index in [2.05, 4.69) is 20.6 Å². The fourth-order valence-electron chi connectivity index (χ4n) is 1.60. The molecule has 17 heavy (non-hydrogen) atoms. The lowest BCUT2D eigenvalue weighted by atomic mass is 10.3. The summed E-state index contributed by atoms with van der Waals surface area (Å²) >= 11 is 0. The van der Waals surface area contributed by atoms with E-state index >= 15 is 0 Å². The quantitative estimate of drug-likeness (QED) is 0.781. The molecule has 1 saturated carbocycles. The minimum atomic E-state index is -0.138. The molecule has 2 rings (SSSR count). The second-order valence-electron chi connectivity index (χ2n) is 4.31. The number of carbonyl (C=O) groups excluding carboxylic acids is 1. The van der Waals surface area contributed by atoms with E-state index in [4.69, 9.17) is 0 Å². The molecule has 0 spiro atoms. The van der Waals surface area contributed by atoms with Crippen LogP contribution in [0.3, 0.4) is 0 Å². The largest absolute Gasteiger partial charge is 0.369 e. The van der Waals surface area contributed by atoms with Crippen molar-refractivity contribution in [1.29, 1.82) is 0 Å². The Kier molecular flexibility index (Phi) is 3.90. The molecule has 1 amide bonds. The monoisotopic (exact) mass is 234 g/mol. The average molecular weight is 234 g/mol. The maximum atomic E-state index is 11.7. The zero-order valence-electron chi connectivity index (χ0n) is 10.1. The third kappa shape index (κ3) is 3.69. The van der Waals surface area contributed by atoms with Gasteiger partial charge in [0.25, 0.3) is 5.91 Å². The van der Waals surface area contributed by atoms with E-state index in [1.165, 1.54) is 19.0 Å². The van der Waals surface area contributed by atoms with E-state index in [1.54, 1.807) is 6.20 Å². The minimum absolute atomic E-state index is 0.138. The topological polar surface area (TPSA) is 66.9 Å². The van der Waals surface area contributed by atoms with Gasteiger partial charge in [-0.05, 0) is 19.3 Å². The number of anilines is 1. The molecule has 0 saturated heterocycles. The molecule has 0 aliphatic heterocycles. The number of nitrogens with zero attached hydrogens (tertiary/aromatic N) is 2. The molecule has 0 unspecified atom stereocenters. The Morgan fingerprint density at radius 1 is 1.41 bits per heavy atom. The molecule has 1 aliphatic rings. The molecule has 1 heterocycles. The van der Waals surface area contributed by atoms with Gasteiger partial charge in [-0.1, -0.05) is 12.8 Å². The normalized spacial score (nSPS) is 14.4. The number of hydrogen-bond acceptors (Lipinski definition) is 4. The van der Waals surface area contributed by atoms with Gasteiger partial charge in [-0.25, -0.2) is 9.97 Å². The molecule has 1 aliphatic carbocycles. The zero-order valence-corrected chi connectivity index (χ0v) is 10.1. The first-order valence-corrected chi connectivity index (χ1v) is 6.13. The van der Waals surface area contributed by atoms with Crippen molar-refractivity contribution < 1.29 is 4.79 Å². The highest BCUT2D eigenvalue weighted by Crippen LogP contribution is 2.31. The van der Waals surface area contributed by atoms with E-state index in [1.807, 2.05) is 6.92 Å². The Hall–Kier alpha value is -1.65. The molecule has 5 heteroatoms. The van der Waals surface area contributed by atoms with Crippen LogP contribution >= 0.6 is 0 Å². The summed E-state index contributed by atoms with van der Waals surface area (Å²) in [5.74, 6) is 1.39. The maximum absolute atomic E-state index is 11.7. The SMILES string of the molecule is CCNc1cnc(C(=O)NCCC2CC2)cn1. The zero-order chi connectivity index (χ0) is 12.1. The second-order valence-corrected chi connectivity index (χ2v) is 4.31. The number of nitrogens with one attached hydrogen (secondary N) is 2. The third-order valence-corrected chi connectivity index (χ3v) is 2.78. The molecule has 0 radical (unpaired) electrons. The Labute approximate surface area is 101 Å². The van der Waals surface area contributed by atoms with E-state index in [0.29, 0.717) is 11.5 Å². The number of amides is 1. The van der Waals surface area contributed by atoms with E-state index < -0.39 is 0 Å². The van der Waals surface area contributed by atoms with Gasteiger partial charge in [0.2, 0.25) is 0 Å². The van der Waals surface area contributed by atoms with Crippen molar-refractivity contribution in [3.05, 3.63) is 18.1 Å². The first kappa shape index (κ1) is 11.8. The van der Waals surface area contributed by atoms with Crippen molar-refractivity contribution in [3.8, 4) is 0 Å². The van der Waals surface area contributed by atoms with Crippen LogP contribution in [0.15, 0.2) is 12.4 Å². The minimum Gasteiger partial charge on any atom is -0.369 e. The van der Waals surface area contributed by atoms with Crippen LogP contribution in [0.1, 0.15) is 36.7 Å². The molecular weight excluding hydrogens is 216 g/mol. The average Bonchev–Trinajstić information content (AvgIpc) is 3.14. The predicted molar refractivity (Wildman–Crippen MR) is 65.9 cm³/mol. The van der Waals surface area contributed by atoms with Crippen molar-refractivity contribution in [2.45, 2.75) is 26.2 Å². The lowest BCUT2D eigenvalue weighted by Crippen LogP contribution is -2.25. The fraction of sp³-hybridized carbons (Fsp3) is 0.583. The van der Waals surface area contributed by atoms with Crippen LogP contribution in [0.25, 0.3) is 0 Å². The van der Waals surface area contributed by atoms with Gasteiger partial charge >= 0.3 is 0 Å². The van der Waals surface area contributed by atoms with Gasteiger partial charge in [-0.3, -0.25) is 4.79 Å². The Balaban J connectivity index is 1.80. The Bertz CT molecular complexity index is 373. The van der Waals surface area contributed by atoms with Gasteiger partial charge in [-0.2, -0.15) is 0 Å². The lowest BCUT2D eigenvalue weighted by Gasteiger charge is -2.05. The summed E-state index contributed by atoms with van der Waals surface area (Å²) in [7, 11) is 0. The standard InChI is InChI=1S/C12H18N4O/c1-2-13-11-8-15-10(7-16-11)12(17)14-6-5-9-3-4-9/h7-9H,2-6H2,1H3,(H,13,16)(H,14,17). The second kappa shape index (κ2) is 5.61. The van der Waals surface area contributed by atoms with Crippen molar-refractivity contribution >= 4 is 11.7 Å². The van der Waals surface area contributed by atoms with Crippen molar-refractivity contribution in [2.75, 3.05) is 18.4 Å². The van der Waals surface area contributed by atoms with Gasteiger partial charge in [0, 0.05) is 13.1 Å². The highest BCUT2D eigenvalue weighted by molar-refractivity contribution is 5.91. The number of aromatic nitrogens is 2. The fourth-order valence-corrected chi connectivity index (χ4v) is 1.60. The maximum Gasteiger partial charge on any atom is 0.271 e. The molecule has 5 nitrogen and oxygen atoms in total. The molecule has 0 bridgehead atoms. The van der Waals surface area contributed by atoms with Gasteiger partial charge in [0.1, 0.15) is 11.5 Å². The highest BCUT2D eigenvalue weighted by Gasteiger charge is 2.20. The molecule has 1 fully saturated rings. The Morgan fingerprint density at radius 3 is 2.82 bits per heavy atom. The van der Waals surface area contributed by atoms with Crippen LogP contribution in [0.4, 0.5) is 5.82 Å². The van der Waals surface area contributed by atoms with E-state index in [-0.39, 0.29) is 5.91 Å². The summed E-state index contributed by atoms with van der Waals surface area (Å²) < 4.78 is 0. The van der Waals surface area contributed by atoms with Crippen LogP contribution in [0.2, 0.25) is 0 Å². The van der Waals surface area contributed by atoms with Crippen LogP contribution in [-0.2, 0) is 0 Å². The summed E-state index contributed by atoms with van der Waals surface area (Å²) in [5.41, 5.74) is 0.377. The van der Waals surface area contributed by atoms with Crippen LogP contribution < -0.4 is 10.6 Å². The summed E-state index contributed by atoms with van der Waals surface area (Å²) in [6, 6.07) is 0. The van der Waals surface area contributed by atoms with Gasteiger partial charge in [0.05, 0.1) is 12.4 Å². The van der Waals surface area contributed by atoms with Gasteiger partial charge in [0.15, 0.2) is 0 Å². The molecule has 0 aromatic carbocycles. The molecule has 0 atom stereocenters. The van der Waals surface area contributed by atoms with Crippen molar-refractivity contribution in [1.82, 2.24) is 15.3 Å². The Morgan fingerprint density at radius 2 is 2.24 bits per heavy atom. The number of rotatable bonds is 6. The van der Waals surface area contributed by atoms with Crippen molar-refractivity contribution in [2.24, 2.45) is 5.92 Å². The van der Waals surface area contributed by atoms with E-state index in [0.717, 1.165) is 25.4 Å².